The molecule has 2 rings (SSSR count). The first-order chi connectivity index (χ1) is 14.2. The summed E-state index contributed by atoms with van der Waals surface area (Å²) in [6.07, 6.45) is 2.08. The Hall–Kier alpha value is -2.10. The SMILES string of the molecule is CCNC(=NCc1ccc(NC(=O)C(C)C)cc1)N(C)Cc1cn(C)nc1C(C)C.I. The Morgan fingerprint density at radius 1 is 1.19 bits per heavy atom. The highest BCUT2D eigenvalue weighted by molar-refractivity contribution is 14.0. The van der Waals surface area contributed by atoms with Crippen molar-refractivity contribution in [2.45, 2.75) is 53.6 Å². The summed E-state index contributed by atoms with van der Waals surface area (Å²) < 4.78 is 1.88. The molecule has 0 aliphatic rings. The molecule has 0 saturated carbocycles. The summed E-state index contributed by atoms with van der Waals surface area (Å²) in [7, 11) is 4.01. The minimum absolute atomic E-state index is 0. The monoisotopic (exact) mass is 540 g/mol. The van der Waals surface area contributed by atoms with Crippen molar-refractivity contribution >= 4 is 41.5 Å². The smallest absolute Gasteiger partial charge is 0.226 e. The maximum Gasteiger partial charge on any atom is 0.226 e. The molecule has 0 saturated heterocycles. The molecule has 0 radical (unpaired) electrons. The molecule has 0 bridgehead atoms. The lowest BCUT2D eigenvalue weighted by Crippen LogP contribution is -2.38. The molecule has 2 N–H and O–H groups in total. The second kappa shape index (κ2) is 12.7. The van der Waals surface area contributed by atoms with E-state index in [1.807, 2.05) is 56.9 Å². The Morgan fingerprint density at radius 2 is 1.84 bits per heavy atom. The van der Waals surface area contributed by atoms with E-state index < -0.39 is 0 Å². The molecule has 0 unspecified atom stereocenters. The largest absolute Gasteiger partial charge is 0.357 e. The van der Waals surface area contributed by atoms with E-state index >= 15 is 0 Å². The predicted octanol–water partition coefficient (Wildman–Crippen LogP) is 4.35. The van der Waals surface area contributed by atoms with E-state index in [0.29, 0.717) is 12.5 Å². The van der Waals surface area contributed by atoms with Gasteiger partial charge < -0.3 is 15.5 Å². The number of guanidine groups is 1. The summed E-state index contributed by atoms with van der Waals surface area (Å²) in [5.41, 5.74) is 4.24. The first-order valence-corrected chi connectivity index (χ1v) is 10.6. The molecule has 1 aromatic heterocycles. The van der Waals surface area contributed by atoms with Crippen molar-refractivity contribution < 1.29 is 4.79 Å². The van der Waals surface area contributed by atoms with Crippen LogP contribution in [0, 0.1) is 5.92 Å². The number of aliphatic imine (C=N–C) groups is 1. The van der Waals surface area contributed by atoms with Gasteiger partial charge >= 0.3 is 0 Å². The zero-order valence-electron chi connectivity index (χ0n) is 19.8. The van der Waals surface area contributed by atoms with Gasteiger partial charge in [-0.15, -0.1) is 24.0 Å². The standard InChI is InChI=1S/C23H36N6O.HI/c1-8-24-23(28(6)14-19-15-29(7)27-21(19)16(2)3)25-13-18-9-11-20(12-10-18)26-22(30)17(4)5;/h9-12,15-17H,8,13-14H2,1-7H3,(H,24,25)(H,26,30);1H. The van der Waals surface area contributed by atoms with Crippen LogP contribution in [-0.2, 0) is 24.9 Å². The summed E-state index contributed by atoms with van der Waals surface area (Å²) in [4.78, 5) is 18.7. The number of rotatable bonds is 8. The molecular weight excluding hydrogens is 503 g/mol. The van der Waals surface area contributed by atoms with Crippen LogP contribution in [0.2, 0.25) is 0 Å². The van der Waals surface area contributed by atoms with Crippen molar-refractivity contribution in [1.82, 2.24) is 20.0 Å². The first kappa shape index (κ1) is 26.9. The second-order valence-electron chi connectivity index (χ2n) is 8.24. The summed E-state index contributed by atoms with van der Waals surface area (Å²) in [6.45, 7) is 12.3. The van der Waals surface area contributed by atoms with Crippen molar-refractivity contribution in [3.8, 4) is 0 Å². The Kier molecular flexibility index (Phi) is 11.0. The second-order valence-corrected chi connectivity index (χ2v) is 8.24. The van der Waals surface area contributed by atoms with Crippen molar-refractivity contribution in [3.63, 3.8) is 0 Å². The molecule has 1 amide bonds. The van der Waals surface area contributed by atoms with Gasteiger partial charge in [0.15, 0.2) is 5.96 Å². The maximum atomic E-state index is 11.8. The van der Waals surface area contributed by atoms with Crippen molar-refractivity contribution in [2.24, 2.45) is 18.0 Å². The first-order valence-electron chi connectivity index (χ1n) is 10.6. The van der Waals surface area contributed by atoms with E-state index in [-0.39, 0.29) is 35.8 Å². The molecule has 0 aliphatic heterocycles. The Labute approximate surface area is 203 Å². The van der Waals surface area contributed by atoms with Crippen LogP contribution >= 0.6 is 24.0 Å². The number of hydrogen-bond donors (Lipinski definition) is 2. The van der Waals surface area contributed by atoms with Crippen molar-refractivity contribution in [1.29, 1.82) is 0 Å². The molecule has 0 spiro atoms. The summed E-state index contributed by atoms with van der Waals surface area (Å²) in [5, 5.41) is 10.9. The fourth-order valence-electron chi connectivity index (χ4n) is 3.11. The van der Waals surface area contributed by atoms with Crippen LogP contribution in [0.1, 0.15) is 57.4 Å². The maximum absolute atomic E-state index is 11.8. The van der Waals surface area contributed by atoms with Gasteiger partial charge in [-0.25, -0.2) is 4.99 Å². The summed E-state index contributed by atoms with van der Waals surface area (Å²) in [5.74, 6) is 1.22. The molecule has 0 atom stereocenters. The third-order valence-corrected chi connectivity index (χ3v) is 4.75. The van der Waals surface area contributed by atoms with Gasteiger partial charge in [-0.1, -0.05) is 39.8 Å². The van der Waals surface area contributed by atoms with Gasteiger partial charge in [0, 0.05) is 50.6 Å². The summed E-state index contributed by atoms with van der Waals surface area (Å²) in [6, 6.07) is 7.85. The zero-order chi connectivity index (χ0) is 22.3. The molecule has 8 heteroatoms. The number of aromatic nitrogens is 2. The van der Waals surface area contributed by atoms with E-state index in [0.717, 1.165) is 36.0 Å². The molecule has 1 aromatic carbocycles. The van der Waals surface area contributed by atoms with E-state index in [1.165, 1.54) is 5.56 Å². The number of amides is 1. The van der Waals surface area contributed by atoms with E-state index in [4.69, 9.17) is 4.99 Å². The predicted molar refractivity (Wildman–Crippen MR) is 139 cm³/mol. The van der Waals surface area contributed by atoms with Gasteiger partial charge in [-0.3, -0.25) is 9.48 Å². The third kappa shape index (κ3) is 8.16. The quantitative estimate of drug-likeness (QED) is 0.297. The number of carbonyl (C=O) groups is 1. The summed E-state index contributed by atoms with van der Waals surface area (Å²) >= 11 is 0. The van der Waals surface area contributed by atoms with Crippen LogP contribution < -0.4 is 10.6 Å². The number of hydrogen-bond acceptors (Lipinski definition) is 3. The van der Waals surface area contributed by atoms with Crippen LogP contribution in [0.4, 0.5) is 5.69 Å². The number of halogens is 1. The Morgan fingerprint density at radius 3 is 2.39 bits per heavy atom. The Bertz CT molecular complexity index is 857. The highest BCUT2D eigenvalue weighted by atomic mass is 127. The molecule has 172 valence electrons. The van der Waals surface area contributed by atoms with Gasteiger partial charge in [0.1, 0.15) is 0 Å². The fraction of sp³-hybridized carbons (Fsp3) is 0.522. The molecular formula is C23H37IN6O. The van der Waals surface area contributed by atoms with Crippen molar-refractivity contribution in [3.05, 3.63) is 47.3 Å². The van der Waals surface area contributed by atoms with Gasteiger partial charge in [0.25, 0.3) is 0 Å². The van der Waals surface area contributed by atoms with Crippen LogP contribution in [0.3, 0.4) is 0 Å². The molecule has 31 heavy (non-hydrogen) atoms. The number of nitrogens with zero attached hydrogens (tertiary/aromatic N) is 4. The number of aryl methyl sites for hydroxylation is 1. The van der Waals surface area contributed by atoms with Crippen LogP contribution in [-0.4, -0.2) is 40.1 Å². The van der Waals surface area contributed by atoms with Gasteiger partial charge in [0.2, 0.25) is 5.91 Å². The van der Waals surface area contributed by atoms with Gasteiger partial charge in [0.05, 0.1) is 12.2 Å². The lowest BCUT2D eigenvalue weighted by Gasteiger charge is -2.22. The van der Waals surface area contributed by atoms with E-state index in [1.54, 1.807) is 0 Å². The normalized spacial score (nSPS) is 11.5. The van der Waals surface area contributed by atoms with Gasteiger partial charge in [-0.2, -0.15) is 5.10 Å². The minimum Gasteiger partial charge on any atom is -0.357 e. The lowest BCUT2D eigenvalue weighted by molar-refractivity contribution is -0.118. The number of benzene rings is 1. The molecule has 1 heterocycles. The Balaban J connectivity index is 0.00000480. The van der Waals surface area contributed by atoms with Crippen LogP contribution in [0.25, 0.3) is 0 Å². The highest BCUT2D eigenvalue weighted by Gasteiger charge is 2.15. The third-order valence-electron chi connectivity index (χ3n) is 4.75. The van der Waals surface area contributed by atoms with Gasteiger partial charge in [-0.05, 0) is 30.5 Å². The average molecular weight is 540 g/mol. The molecule has 0 fully saturated rings. The topological polar surface area (TPSA) is 74.6 Å². The van der Waals surface area contributed by atoms with Crippen LogP contribution in [0.5, 0.6) is 0 Å². The van der Waals surface area contributed by atoms with E-state index in [9.17, 15) is 4.79 Å². The molecule has 0 aliphatic carbocycles. The highest BCUT2D eigenvalue weighted by Crippen LogP contribution is 2.19. The zero-order valence-corrected chi connectivity index (χ0v) is 22.1. The van der Waals surface area contributed by atoms with Crippen LogP contribution in [0.15, 0.2) is 35.5 Å². The minimum atomic E-state index is -0.0384. The number of carbonyl (C=O) groups excluding carboxylic acids is 1. The van der Waals surface area contributed by atoms with E-state index in [2.05, 4.69) is 47.6 Å². The molecule has 2 aromatic rings. The number of nitrogens with one attached hydrogen (secondary N) is 2. The average Bonchev–Trinajstić information content (AvgIpc) is 3.06. The lowest BCUT2D eigenvalue weighted by atomic mass is 10.1. The fourth-order valence-corrected chi connectivity index (χ4v) is 3.11. The van der Waals surface area contributed by atoms with Crippen molar-refractivity contribution in [2.75, 3.05) is 18.9 Å². The number of anilines is 1. The molecule has 7 nitrogen and oxygen atoms in total.